The van der Waals surface area contributed by atoms with Crippen molar-refractivity contribution in [3.05, 3.63) is 16.1 Å². The van der Waals surface area contributed by atoms with Gasteiger partial charge in [0.2, 0.25) is 0 Å². The van der Waals surface area contributed by atoms with Gasteiger partial charge in [0.25, 0.3) is 0 Å². The molecule has 1 N–H and O–H groups in total. The lowest BCUT2D eigenvalue weighted by atomic mass is 10.2. The Morgan fingerprint density at radius 2 is 2.31 bits per heavy atom. The Bertz CT molecular complexity index is 338. The van der Waals surface area contributed by atoms with Gasteiger partial charge in [-0.05, 0) is 21.1 Å². The van der Waals surface area contributed by atoms with Crippen LogP contribution in [-0.2, 0) is 6.54 Å². The molecule has 0 bridgehead atoms. The second kappa shape index (κ2) is 5.23. The maximum atomic E-state index is 4.70. The molecule has 1 atom stereocenters. The summed E-state index contributed by atoms with van der Waals surface area (Å²) in [5.74, 6) is 0. The molecular formula is C11H20N4S. The summed E-state index contributed by atoms with van der Waals surface area (Å²) in [6.45, 7) is 4.23. The van der Waals surface area contributed by atoms with Crippen molar-refractivity contribution in [1.29, 1.82) is 0 Å². The third kappa shape index (κ3) is 2.60. The van der Waals surface area contributed by atoms with E-state index in [1.54, 1.807) is 11.3 Å². The number of piperazine rings is 1. The fourth-order valence-electron chi connectivity index (χ4n) is 2.01. The zero-order valence-corrected chi connectivity index (χ0v) is 11.0. The molecule has 1 aromatic rings. The van der Waals surface area contributed by atoms with Crippen LogP contribution < -0.4 is 5.32 Å². The van der Waals surface area contributed by atoms with Crippen molar-refractivity contribution in [2.75, 3.05) is 40.8 Å². The number of nitrogens with zero attached hydrogens (tertiary/aromatic N) is 3. The molecule has 1 fully saturated rings. The van der Waals surface area contributed by atoms with E-state index in [0.717, 1.165) is 31.9 Å². The number of hydrogen-bond acceptors (Lipinski definition) is 5. The fraction of sp³-hybridized carbons (Fsp3) is 0.727. The molecule has 16 heavy (non-hydrogen) atoms. The smallest absolute Gasteiger partial charge is 0.111 e. The highest BCUT2D eigenvalue weighted by molar-refractivity contribution is 7.09. The molecule has 0 spiro atoms. The zero-order chi connectivity index (χ0) is 11.5. The van der Waals surface area contributed by atoms with Gasteiger partial charge in [0, 0.05) is 31.6 Å². The molecule has 1 unspecified atom stereocenters. The standard InChI is InChI=1S/C11H20N4S/c1-12-6-9-8-16-11(13-9)10-7-14(2)4-5-15(10)3/h8,10,12H,4-7H2,1-3H3. The van der Waals surface area contributed by atoms with Crippen LogP contribution in [-0.4, -0.2) is 55.6 Å². The highest BCUT2D eigenvalue weighted by Gasteiger charge is 2.25. The highest BCUT2D eigenvalue weighted by Crippen LogP contribution is 2.26. The number of aromatic nitrogens is 1. The van der Waals surface area contributed by atoms with Crippen LogP contribution in [0.5, 0.6) is 0 Å². The van der Waals surface area contributed by atoms with Crippen molar-refractivity contribution in [2.45, 2.75) is 12.6 Å². The molecule has 0 aliphatic carbocycles. The van der Waals surface area contributed by atoms with E-state index < -0.39 is 0 Å². The van der Waals surface area contributed by atoms with Crippen molar-refractivity contribution in [2.24, 2.45) is 0 Å². The largest absolute Gasteiger partial charge is 0.314 e. The minimum Gasteiger partial charge on any atom is -0.314 e. The summed E-state index contributed by atoms with van der Waals surface area (Å²) >= 11 is 1.78. The van der Waals surface area contributed by atoms with Crippen LogP contribution in [0.4, 0.5) is 0 Å². The van der Waals surface area contributed by atoms with Crippen LogP contribution in [0, 0.1) is 0 Å². The van der Waals surface area contributed by atoms with E-state index in [2.05, 4.69) is 34.6 Å². The Morgan fingerprint density at radius 3 is 3.06 bits per heavy atom. The van der Waals surface area contributed by atoms with E-state index in [4.69, 9.17) is 4.98 Å². The van der Waals surface area contributed by atoms with Gasteiger partial charge < -0.3 is 10.2 Å². The first-order chi connectivity index (χ1) is 7.70. The summed E-state index contributed by atoms with van der Waals surface area (Å²) in [5.41, 5.74) is 1.16. The van der Waals surface area contributed by atoms with Gasteiger partial charge >= 0.3 is 0 Å². The zero-order valence-electron chi connectivity index (χ0n) is 10.2. The minimum absolute atomic E-state index is 0.467. The van der Waals surface area contributed by atoms with Gasteiger partial charge in [-0.1, -0.05) is 0 Å². The summed E-state index contributed by atoms with van der Waals surface area (Å²) in [5, 5.41) is 6.55. The number of thiazole rings is 1. The molecule has 2 heterocycles. The third-order valence-corrected chi connectivity index (χ3v) is 4.06. The fourth-order valence-corrected chi connectivity index (χ4v) is 2.99. The average molecular weight is 240 g/mol. The van der Waals surface area contributed by atoms with Crippen LogP contribution in [0.1, 0.15) is 16.7 Å². The summed E-state index contributed by atoms with van der Waals surface area (Å²) < 4.78 is 0. The van der Waals surface area contributed by atoms with Crippen LogP contribution in [0.2, 0.25) is 0 Å². The number of rotatable bonds is 3. The lowest BCUT2D eigenvalue weighted by molar-refractivity contribution is 0.115. The first-order valence-electron chi connectivity index (χ1n) is 5.68. The molecule has 1 aromatic heterocycles. The van der Waals surface area contributed by atoms with E-state index >= 15 is 0 Å². The molecule has 1 saturated heterocycles. The molecule has 90 valence electrons. The predicted octanol–water partition coefficient (Wildman–Crippen LogP) is 0.781. The first-order valence-corrected chi connectivity index (χ1v) is 6.56. The summed E-state index contributed by atoms with van der Waals surface area (Å²) in [6, 6.07) is 0.467. The van der Waals surface area contributed by atoms with Gasteiger partial charge in [-0.15, -0.1) is 11.3 Å². The van der Waals surface area contributed by atoms with Crippen LogP contribution in [0.15, 0.2) is 5.38 Å². The second-order valence-corrected chi connectivity index (χ2v) is 5.36. The maximum absolute atomic E-state index is 4.70. The monoisotopic (exact) mass is 240 g/mol. The Hall–Kier alpha value is -0.490. The molecule has 1 aliphatic heterocycles. The number of nitrogens with one attached hydrogen (secondary N) is 1. The second-order valence-electron chi connectivity index (χ2n) is 4.47. The average Bonchev–Trinajstić information content (AvgIpc) is 2.71. The first kappa shape index (κ1) is 12.0. The summed E-state index contributed by atoms with van der Waals surface area (Å²) in [7, 11) is 6.33. The SMILES string of the molecule is CNCc1csc(C2CN(C)CCN2C)n1. The van der Waals surface area contributed by atoms with Crippen molar-refractivity contribution >= 4 is 11.3 Å². The normalized spacial score (nSPS) is 23.8. The van der Waals surface area contributed by atoms with E-state index in [9.17, 15) is 0 Å². The highest BCUT2D eigenvalue weighted by atomic mass is 32.1. The molecule has 0 aromatic carbocycles. The van der Waals surface area contributed by atoms with Crippen LogP contribution in [0.25, 0.3) is 0 Å². The lowest BCUT2D eigenvalue weighted by Crippen LogP contribution is -2.44. The van der Waals surface area contributed by atoms with Gasteiger partial charge in [0.15, 0.2) is 0 Å². The van der Waals surface area contributed by atoms with E-state index in [1.165, 1.54) is 5.01 Å². The Kier molecular flexibility index (Phi) is 3.91. The molecular weight excluding hydrogens is 220 g/mol. The molecule has 1 aliphatic rings. The molecule has 2 rings (SSSR count). The van der Waals surface area contributed by atoms with Gasteiger partial charge in [0.1, 0.15) is 5.01 Å². The Balaban J connectivity index is 2.08. The molecule has 4 nitrogen and oxygen atoms in total. The van der Waals surface area contributed by atoms with E-state index in [0.29, 0.717) is 6.04 Å². The molecule has 0 radical (unpaired) electrons. The van der Waals surface area contributed by atoms with Crippen molar-refractivity contribution in [3.8, 4) is 0 Å². The quantitative estimate of drug-likeness (QED) is 0.846. The van der Waals surface area contributed by atoms with Crippen molar-refractivity contribution in [1.82, 2.24) is 20.1 Å². The van der Waals surface area contributed by atoms with Crippen molar-refractivity contribution < 1.29 is 0 Å². The Morgan fingerprint density at radius 1 is 1.50 bits per heavy atom. The summed E-state index contributed by atoms with van der Waals surface area (Å²) in [4.78, 5) is 9.48. The number of likely N-dealkylation sites (N-methyl/N-ethyl adjacent to an activating group) is 2. The van der Waals surface area contributed by atoms with Crippen LogP contribution in [0.3, 0.4) is 0 Å². The Labute approximate surface area is 101 Å². The topological polar surface area (TPSA) is 31.4 Å². The minimum atomic E-state index is 0.467. The molecule has 5 heteroatoms. The van der Waals surface area contributed by atoms with Crippen molar-refractivity contribution in [3.63, 3.8) is 0 Å². The predicted molar refractivity (Wildman–Crippen MR) is 67.7 cm³/mol. The molecule has 0 saturated carbocycles. The van der Waals surface area contributed by atoms with E-state index in [1.807, 2.05) is 7.05 Å². The summed E-state index contributed by atoms with van der Waals surface area (Å²) in [6.07, 6.45) is 0. The molecule has 0 amide bonds. The van der Waals surface area contributed by atoms with Gasteiger partial charge in [-0.2, -0.15) is 0 Å². The third-order valence-electron chi connectivity index (χ3n) is 3.06. The van der Waals surface area contributed by atoms with Crippen LogP contribution >= 0.6 is 11.3 Å². The number of hydrogen-bond donors (Lipinski definition) is 1. The maximum Gasteiger partial charge on any atom is 0.111 e. The van der Waals surface area contributed by atoms with Gasteiger partial charge in [-0.3, -0.25) is 4.90 Å². The lowest BCUT2D eigenvalue weighted by Gasteiger charge is -2.36. The van der Waals surface area contributed by atoms with E-state index in [-0.39, 0.29) is 0 Å². The van der Waals surface area contributed by atoms with Gasteiger partial charge in [0.05, 0.1) is 11.7 Å². The van der Waals surface area contributed by atoms with Gasteiger partial charge in [-0.25, -0.2) is 4.98 Å².